The summed E-state index contributed by atoms with van der Waals surface area (Å²) in [6.07, 6.45) is 3.45. The van der Waals surface area contributed by atoms with Crippen LogP contribution in [-0.4, -0.2) is 6.04 Å². The molecule has 0 aromatic carbocycles. The fraction of sp³-hybridized carbons (Fsp3) is 0.846. The topological polar surface area (TPSA) is 26.0 Å². The summed E-state index contributed by atoms with van der Waals surface area (Å²) >= 11 is 0. The van der Waals surface area contributed by atoms with Gasteiger partial charge < -0.3 is 5.73 Å². The number of hydrogen-bond donors (Lipinski definition) is 1. The molecule has 0 saturated carbocycles. The van der Waals surface area contributed by atoms with Gasteiger partial charge in [0, 0.05) is 11.5 Å². The van der Waals surface area contributed by atoms with Crippen LogP contribution in [0.4, 0.5) is 0 Å². The van der Waals surface area contributed by atoms with Crippen LogP contribution in [0.15, 0.2) is 12.2 Å². The third-order valence-corrected chi connectivity index (χ3v) is 3.53. The second-order valence-electron chi connectivity index (χ2n) is 4.81. The molecule has 0 bridgehead atoms. The molecule has 0 aromatic rings. The van der Waals surface area contributed by atoms with Gasteiger partial charge in [-0.2, -0.15) is 0 Å². The lowest BCUT2D eigenvalue weighted by molar-refractivity contribution is 0.203. The molecule has 0 radical (unpaired) electrons. The van der Waals surface area contributed by atoms with Crippen molar-refractivity contribution in [3.63, 3.8) is 0 Å². The molecular weight excluding hydrogens is 170 g/mol. The summed E-state index contributed by atoms with van der Waals surface area (Å²) in [5, 5.41) is 0. The Kier molecular flexibility index (Phi) is 5.43. The predicted molar refractivity (Wildman–Crippen MR) is 65.3 cm³/mol. The maximum absolute atomic E-state index is 6.33. The first-order chi connectivity index (χ1) is 6.42. The summed E-state index contributed by atoms with van der Waals surface area (Å²) in [5.74, 6) is 0.526. The van der Waals surface area contributed by atoms with Gasteiger partial charge in [0.15, 0.2) is 0 Å². The molecule has 2 atom stereocenters. The van der Waals surface area contributed by atoms with Crippen molar-refractivity contribution in [3.05, 3.63) is 12.2 Å². The smallest absolute Gasteiger partial charge is 0.0156 e. The first-order valence-electron chi connectivity index (χ1n) is 5.83. The summed E-state index contributed by atoms with van der Waals surface area (Å²) in [6.45, 7) is 15.1. The standard InChI is InChI=1S/C13H27N/c1-7-9-13(8-2,11(5)6)12(14)10(3)4/h10,12H,5,7-9,14H2,1-4,6H3. The molecule has 0 aliphatic rings. The lowest BCUT2D eigenvalue weighted by Crippen LogP contribution is -2.45. The van der Waals surface area contributed by atoms with E-state index in [4.69, 9.17) is 5.73 Å². The third kappa shape index (κ3) is 2.60. The van der Waals surface area contributed by atoms with E-state index in [1.165, 1.54) is 12.0 Å². The number of nitrogens with two attached hydrogens (primary N) is 1. The average Bonchev–Trinajstić information content (AvgIpc) is 2.12. The monoisotopic (exact) mass is 197 g/mol. The van der Waals surface area contributed by atoms with E-state index in [0.29, 0.717) is 5.92 Å². The molecule has 84 valence electrons. The minimum absolute atomic E-state index is 0.156. The van der Waals surface area contributed by atoms with E-state index in [2.05, 4.69) is 41.2 Å². The van der Waals surface area contributed by atoms with Gasteiger partial charge in [-0.15, -0.1) is 0 Å². The Morgan fingerprint density at radius 3 is 2.07 bits per heavy atom. The van der Waals surface area contributed by atoms with Gasteiger partial charge in [0.1, 0.15) is 0 Å². The van der Waals surface area contributed by atoms with Crippen LogP contribution in [0.5, 0.6) is 0 Å². The molecule has 0 aromatic heterocycles. The van der Waals surface area contributed by atoms with Crippen molar-refractivity contribution in [1.29, 1.82) is 0 Å². The Balaban J connectivity index is 4.92. The highest BCUT2D eigenvalue weighted by Crippen LogP contribution is 2.40. The number of hydrogen-bond acceptors (Lipinski definition) is 1. The van der Waals surface area contributed by atoms with Crippen LogP contribution >= 0.6 is 0 Å². The molecule has 0 heterocycles. The Hall–Kier alpha value is -0.300. The van der Waals surface area contributed by atoms with Crippen LogP contribution in [0.3, 0.4) is 0 Å². The third-order valence-electron chi connectivity index (χ3n) is 3.53. The SMILES string of the molecule is C=C(C)C(CC)(CCC)C(N)C(C)C. The van der Waals surface area contributed by atoms with Crippen LogP contribution in [-0.2, 0) is 0 Å². The first-order valence-corrected chi connectivity index (χ1v) is 5.83. The Labute approximate surface area is 89.8 Å². The van der Waals surface area contributed by atoms with E-state index in [0.717, 1.165) is 12.8 Å². The first kappa shape index (κ1) is 13.7. The molecule has 1 nitrogen and oxygen atoms in total. The van der Waals surface area contributed by atoms with Gasteiger partial charge in [-0.25, -0.2) is 0 Å². The second-order valence-corrected chi connectivity index (χ2v) is 4.81. The van der Waals surface area contributed by atoms with E-state index in [9.17, 15) is 0 Å². The van der Waals surface area contributed by atoms with E-state index >= 15 is 0 Å². The maximum Gasteiger partial charge on any atom is 0.0156 e. The molecule has 0 amide bonds. The molecule has 0 saturated heterocycles. The highest BCUT2D eigenvalue weighted by atomic mass is 14.7. The zero-order valence-corrected chi connectivity index (χ0v) is 10.6. The van der Waals surface area contributed by atoms with Gasteiger partial charge in [-0.05, 0) is 25.7 Å². The molecular formula is C13H27N. The highest BCUT2D eigenvalue weighted by Gasteiger charge is 2.36. The zero-order valence-electron chi connectivity index (χ0n) is 10.6. The van der Waals surface area contributed by atoms with Crippen molar-refractivity contribution < 1.29 is 0 Å². The minimum Gasteiger partial charge on any atom is -0.327 e. The van der Waals surface area contributed by atoms with Crippen LogP contribution in [0.25, 0.3) is 0 Å². The van der Waals surface area contributed by atoms with Crippen molar-refractivity contribution in [2.24, 2.45) is 17.1 Å². The fourth-order valence-corrected chi connectivity index (χ4v) is 2.46. The normalized spacial score (nSPS) is 17.9. The lowest BCUT2D eigenvalue weighted by atomic mass is 9.67. The van der Waals surface area contributed by atoms with Crippen LogP contribution < -0.4 is 5.73 Å². The van der Waals surface area contributed by atoms with E-state index < -0.39 is 0 Å². The summed E-state index contributed by atoms with van der Waals surface area (Å²) in [4.78, 5) is 0. The molecule has 14 heavy (non-hydrogen) atoms. The van der Waals surface area contributed by atoms with Gasteiger partial charge in [-0.3, -0.25) is 0 Å². The molecule has 0 spiro atoms. The molecule has 1 heteroatoms. The summed E-state index contributed by atoms with van der Waals surface area (Å²) < 4.78 is 0. The molecule has 2 N–H and O–H groups in total. The average molecular weight is 197 g/mol. The number of rotatable bonds is 6. The Bertz CT molecular complexity index is 184. The maximum atomic E-state index is 6.33. The van der Waals surface area contributed by atoms with Crippen molar-refractivity contribution >= 4 is 0 Å². The molecule has 0 fully saturated rings. The van der Waals surface area contributed by atoms with Gasteiger partial charge in [-0.1, -0.05) is 46.3 Å². The van der Waals surface area contributed by atoms with E-state index in [1.807, 2.05) is 0 Å². The molecule has 0 rings (SSSR count). The summed E-state index contributed by atoms with van der Waals surface area (Å²) in [5.41, 5.74) is 7.74. The fourth-order valence-electron chi connectivity index (χ4n) is 2.46. The molecule has 2 unspecified atom stereocenters. The van der Waals surface area contributed by atoms with E-state index in [1.54, 1.807) is 0 Å². The van der Waals surface area contributed by atoms with Crippen molar-refractivity contribution in [1.82, 2.24) is 0 Å². The summed E-state index contributed by atoms with van der Waals surface area (Å²) in [7, 11) is 0. The van der Waals surface area contributed by atoms with Crippen molar-refractivity contribution in [2.75, 3.05) is 0 Å². The molecule has 0 aliphatic heterocycles. The highest BCUT2D eigenvalue weighted by molar-refractivity contribution is 5.12. The zero-order chi connectivity index (χ0) is 11.4. The Morgan fingerprint density at radius 1 is 1.36 bits per heavy atom. The second kappa shape index (κ2) is 5.55. The van der Waals surface area contributed by atoms with Crippen LogP contribution in [0.1, 0.15) is 53.9 Å². The van der Waals surface area contributed by atoms with Crippen LogP contribution in [0, 0.1) is 11.3 Å². The largest absolute Gasteiger partial charge is 0.327 e. The van der Waals surface area contributed by atoms with Gasteiger partial charge in [0.05, 0.1) is 0 Å². The van der Waals surface area contributed by atoms with Crippen molar-refractivity contribution in [2.45, 2.75) is 59.9 Å². The predicted octanol–water partition coefficient (Wildman–Crippen LogP) is 3.74. The quantitative estimate of drug-likeness (QED) is 0.645. The minimum atomic E-state index is 0.156. The van der Waals surface area contributed by atoms with Crippen LogP contribution in [0.2, 0.25) is 0 Å². The lowest BCUT2D eigenvalue weighted by Gasteiger charge is -2.41. The van der Waals surface area contributed by atoms with Gasteiger partial charge in [0.2, 0.25) is 0 Å². The summed E-state index contributed by atoms with van der Waals surface area (Å²) in [6, 6.07) is 0.241. The molecule has 0 aliphatic carbocycles. The Morgan fingerprint density at radius 2 is 1.86 bits per heavy atom. The van der Waals surface area contributed by atoms with Gasteiger partial charge in [0.25, 0.3) is 0 Å². The van der Waals surface area contributed by atoms with Gasteiger partial charge >= 0.3 is 0 Å². The van der Waals surface area contributed by atoms with E-state index in [-0.39, 0.29) is 11.5 Å². The van der Waals surface area contributed by atoms with Crippen molar-refractivity contribution in [3.8, 4) is 0 Å².